The second-order valence-corrected chi connectivity index (χ2v) is 9.26. The summed E-state index contributed by atoms with van der Waals surface area (Å²) < 4.78 is 0. The van der Waals surface area contributed by atoms with Gasteiger partial charge in [0.05, 0.1) is 5.54 Å². The van der Waals surface area contributed by atoms with Crippen molar-refractivity contribution in [2.75, 3.05) is 14.1 Å². The van der Waals surface area contributed by atoms with Crippen LogP contribution in [-0.2, 0) is 12.0 Å². The summed E-state index contributed by atoms with van der Waals surface area (Å²) in [5.74, 6) is 0. The average Bonchev–Trinajstić information content (AvgIpc) is 3.33. The lowest BCUT2D eigenvalue weighted by atomic mass is 9.77. The van der Waals surface area contributed by atoms with Crippen LogP contribution in [-0.4, -0.2) is 36.1 Å². The van der Waals surface area contributed by atoms with E-state index >= 15 is 0 Å². The van der Waals surface area contributed by atoms with Gasteiger partial charge in [0.25, 0.3) is 0 Å². The number of thiophene rings is 1. The number of benzene rings is 1. The maximum absolute atomic E-state index is 3.91. The number of aromatic amines is 1. The first-order valence-corrected chi connectivity index (χ1v) is 11.0. The highest BCUT2D eigenvalue weighted by molar-refractivity contribution is 7.10. The Morgan fingerprint density at radius 2 is 1.86 bits per heavy atom. The monoisotopic (exact) mass is 453 g/mol. The van der Waals surface area contributed by atoms with E-state index in [1.165, 1.54) is 47.0 Å². The van der Waals surface area contributed by atoms with Crippen molar-refractivity contribution >= 4 is 47.1 Å². The van der Waals surface area contributed by atoms with Gasteiger partial charge < -0.3 is 10.3 Å². The largest absolute Gasteiger partial charge is 0.361 e. The summed E-state index contributed by atoms with van der Waals surface area (Å²) in [4.78, 5) is 7.38. The van der Waals surface area contributed by atoms with E-state index in [0.717, 1.165) is 6.42 Å². The molecule has 0 radical (unpaired) electrons. The number of hydrogen-bond donors (Lipinski definition) is 2. The minimum atomic E-state index is 0. The first-order chi connectivity index (χ1) is 13.1. The maximum Gasteiger partial charge on any atom is 0.0549 e. The normalized spacial score (nSPS) is 22.8. The predicted molar refractivity (Wildman–Crippen MR) is 131 cm³/mol. The molecule has 2 N–H and O–H groups in total. The molecular weight excluding hydrogens is 421 g/mol. The Morgan fingerprint density at radius 1 is 1.14 bits per heavy atom. The molecule has 1 aliphatic rings. The van der Waals surface area contributed by atoms with Crippen molar-refractivity contribution in [3.8, 4) is 0 Å². The fraction of sp³-hybridized carbons (Fsp3) is 0.478. The zero-order valence-corrected chi connectivity index (χ0v) is 19.9. The quantitative estimate of drug-likeness (QED) is 0.479. The Labute approximate surface area is 191 Å². The van der Waals surface area contributed by atoms with Gasteiger partial charge in [-0.25, -0.2) is 0 Å². The third-order valence-corrected chi connectivity index (χ3v) is 7.43. The topological polar surface area (TPSA) is 31.1 Å². The van der Waals surface area contributed by atoms with Crippen molar-refractivity contribution < 1.29 is 0 Å². The Bertz CT molecular complexity index is 867. The molecule has 1 fully saturated rings. The van der Waals surface area contributed by atoms with Gasteiger partial charge in [0.15, 0.2) is 0 Å². The average molecular weight is 455 g/mol. The van der Waals surface area contributed by atoms with Crippen molar-refractivity contribution in [1.82, 2.24) is 15.2 Å². The summed E-state index contributed by atoms with van der Waals surface area (Å²) in [7, 11) is 4.49. The van der Waals surface area contributed by atoms with Crippen LogP contribution in [0.5, 0.6) is 0 Å². The van der Waals surface area contributed by atoms with E-state index in [4.69, 9.17) is 0 Å². The van der Waals surface area contributed by atoms with Crippen LogP contribution in [0.1, 0.15) is 43.0 Å². The van der Waals surface area contributed by atoms with Crippen molar-refractivity contribution in [1.29, 1.82) is 0 Å². The van der Waals surface area contributed by atoms with Gasteiger partial charge in [0.2, 0.25) is 0 Å². The van der Waals surface area contributed by atoms with Crippen molar-refractivity contribution in [2.24, 2.45) is 0 Å². The smallest absolute Gasteiger partial charge is 0.0549 e. The Kier molecular flexibility index (Phi) is 8.62. The highest BCUT2D eigenvalue weighted by atomic mass is 35.5. The summed E-state index contributed by atoms with van der Waals surface area (Å²) in [5.41, 5.74) is 2.89. The molecule has 0 amide bonds. The molecule has 1 unspecified atom stereocenters. The van der Waals surface area contributed by atoms with E-state index in [0.29, 0.717) is 12.1 Å². The fourth-order valence-corrected chi connectivity index (χ4v) is 5.88. The van der Waals surface area contributed by atoms with Gasteiger partial charge >= 0.3 is 0 Å². The van der Waals surface area contributed by atoms with Crippen LogP contribution in [0.15, 0.2) is 48.0 Å². The van der Waals surface area contributed by atoms with Gasteiger partial charge in [-0.1, -0.05) is 24.3 Å². The van der Waals surface area contributed by atoms with Crippen LogP contribution < -0.4 is 5.32 Å². The van der Waals surface area contributed by atoms with Crippen LogP contribution in [0.2, 0.25) is 0 Å². The van der Waals surface area contributed by atoms with Gasteiger partial charge in [0.1, 0.15) is 0 Å². The molecule has 29 heavy (non-hydrogen) atoms. The molecule has 4 rings (SSSR count). The van der Waals surface area contributed by atoms with Gasteiger partial charge in [-0.2, -0.15) is 0 Å². The zero-order valence-electron chi connectivity index (χ0n) is 17.5. The molecule has 6 heteroatoms. The zero-order chi connectivity index (χ0) is 18.9. The number of rotatable bonds is 6. The van der Waals surface area contributed by atoms with Crippen LogP contribution in [0.4, 0.5) is 0 Å². The van der Waals surface area contributed by atoms with E-state index in [1.807, 2.05) is 11.3 Å². The van der Waals surface area contributed by atoms with E-state index in [1.54, 1.807) is 0 Å². The highest BCUT2D eigenvalue weighted by Gasteiger charge is 2.39. The summed E-state index contributed by atoms with van der Waals surface area (Å²) in [5, 5.41) is 7.49. The lowest BCUT2D eigenvalue weighted by molar-refractivity contribution is 0.0872. The lowest BCUT2D eigenvalue weighted by Crippen LogP contribution is -2.49. The molecule has 160 valence electrons. The van der Waals surface area contributed by atoms with Gasteiger partial charge in [-0.05, 0) is 76.2 Å². The molecule has 3 nitrogen and oxygen atoms in total. The van der Waals surface area contributed by atoms with Crippen molar-refractivity contribution in [3.63, 3.8) is 0 Å². The molecule has 0 bridgehead atoms. The standard InChI is InChI=1S/C23H31N3S.2ClH/c1-17(15-18-16-24-21-8-5-4-7-20(18)21)25-19-10-12-23(13-11-19,26(2)3)22-9-6-14-27-22;;/h4-9,14,16-17,19,24-25H,10-13,15H2,1-3H3;2*1H. The van der Waals surface area contributed by atoms with E-state index < -0.39 is 0 Å². The van der Waals surface area contributed by atoms with E-state index in [2.05, 4.69) is 84.2 Å². The number of H-pyrrole nitrogens is 1. The number of nitrogens with one attached hydrogen (secondary N) is 2. The van der Waals surface area contributed by atoms with Crippen LogP contribution >= 0.6 is 36.2 Å². The number of hydrogen-bond acceptors (Lipinski definition) is 3. The van der Waals surface area contributed by atoms with E-state index in [-0.39, 0.29) is 30.4 Å². The molecular formula is C23H33Cl2N3S. The summed E-state index contributed by atoms with van der Waals surface area (Å²) in [6.07, 6.45) is 8.21. The lowest BCUT2D eigenvalue weighted by Gasteiger charge is -2.45. The van der Waals surface area contributed by atoms with Gasteiger partial charge in [0, 0.05) is 34.1 Å². The number of para-hydroxylation sites is 1. The maximum atomic E-state index is 3.91. The Morgan fingerprint density at radius 3 is 2.52 bits per heavy atom. The first kappa shape index (κ1) is 24.2. The van der Waals surface area contributed by atoms with Crippen molar-refractivity contribution in [2.45, 2.75) is 56.7 Å². The number of aromatic nitrogens is 1. The third-order valence-electron chi connectivity index (χ3n) is 6.37. The number of halogens is 2. The number of fused-ring (bicyclic) bond motifs is 1. The minimum absolute atomic E-state index is 0. The SMILES string of the molecule is CC(Cc1c[nH]c2ccccc12)NC1CCC(c2cccs2)(N(C)C)CC1.Cl.Cl. The molecule has 0 spiro atoms. The first-order valence-electron chi connectivity index (χ1n) is 10.1. The van der Waals surface area contributed by atoms with Gasteiger partial charge in [-0.15, -0.1) is 36.2 Å². The van der Waals surface area contributed by atoms with E-state index in [9.17, 15) is 0 Å². The van der Waals surface area contributed by atoms with Crippen molar-refractivity contribution in [3.05, 3.63) is 58.4 Å². The molecule has 2 heterocycles. The van der Waals surface area contributed by atoms with Crippen LogP contribution in [0.3, 0.4) is 0 Å². The third kappa shape index (κ3) is 5.00. The van der Waals surface area contributed by atoms with Crippen LogP contribution in [0.25, 0.3) is 10.9 Å². The summed E-state index contributed by atoms with van der Waals surface area (Å²) in [6, 6.07) is 14.2. The molecule has 0 saturated heterocycles. The molecule has 3 aromatic rings. The summed E-state index contributed by atoms with van der Waals surface area (Å²) >= 11 is 1.91. The molecule has 0 aliphatic heterocycles. The second kappa shape index (κ2) is 10.3. The molecule has 1 aliphatic carbocycles. The van der Waals surface area contributed by atoms with Crippen LogP contribution in [0, 0.1) is 0 Å². The highest BCUT2D eigenvalue weighted by Crippen LogP contribution is 2.43. The minimum Gasteiger partial charge on any atom is -0.361 e. The molecule has 1 saturated carbocycles. The molecule has 1 atom stereocenters. The number of nitrogens with zero attached hydrogens (tertiary/aromatic N) is 1. The Balaban J connectivity index is 0.00000150. The fourth-order valence-electron chi connectivity index (χ4n) is 4.81. The Hall–Kier alpha value is -1.04. The summed E-state index contributed by atoms with van der Waals surface area (Å²) in [6.45, 7) is 2.33. The molecule has 2 aromatic heterocycles. The second-order valence-electron chi connectivity index (χ2n) is 8.31. The van der Waals surface area contributed by atoms with Gasteiger partial charge in [-0.3, -0.25) is 4.90 Å². The predicted octanol–water partition coefficient (Wildman–Crippen LogP) is 5.99. The molecule has 1 aromatic carbocycles.